The topological polar surface area (TPSA) is 72.3 Å². The van der Waals surface area contributed by atoms with Gasteiger partial charge in [0.1, 0.15) is 5.76 Å². The van der Waals surface area contributed by atoms with E-state index in [1.165, 1.54) is 0 Å². The highest BCUT2D eigenvalue weighted by Crippen LogP contribution is 2.24. The molecule has 0 radical (unpaired) electrons. The Kier molecular flexibility index (Phi) is 3.06. The van der Waals surface area contributed by atoms with Crippen molar-refractivity contribution in [2.75, 3.05) is 0 Å². The number of aliphatic hydroxyl groups excluding tert-OH is 1. The molecule has 0 aliphatic rings. The number of hydrogen-bond acceptors (Lipinski definition) is 4. The van der Waals surface area contributed by atoms with Crippen LogP contribution in [0.15, 0.2) is 4.52 Å². The Bertz CT molecular complexity index is 264. The summed E-state index contributed by atoms with van der Waals surface area (Å²) in [6.45, 7) is 5.52. The molecule has 3 N–H and O–H groups in total. The highest BCUT2D eigenvalue weighted by Gasteiger charge is 2.22. The minimum absolute atomic E-state index is 0.253. The number of aromatic nitrogens is 1. The van der Waals surface area contributed by atoms with Crippen molar-refractivity contribution in [3.05, 3.63) is 17.0 Å². The second kappa shape index (κ2) is 3.89. The number of aliphatic hydroxyl groups is 1. The third-order valence-electron chi connectivity index (χ3n) is 2.26. The Balaban J connectivity index is 2.93. The maximum atomic E-state index is 9.81. The van der Waals surface area contributed by atoms with Crippen molar-refractivity contribution >= 4 is 0 Å². The highest BCUT2D eigenvalue weighted by atomic mass is 16.5. The maximum Gasteiger partial charge on any atom is 0.139 e. The van der Waals surface area contributed by atoms with Crippen LogP contribution >= 0.6 is 0 Å². The molecule has 0 saturated heterocycles. The lowest BCUT2D eigenvalue weighted by Gasteiger charge is -2.16. The largest absolute Gasteiger partial charge is 0.387 e. The van der Waals surface area contributed by atoms with Crippen molar-refractivity contribution in [2.45, 2.75) is 39.3 Å². The second-order valence-electron chi connectivity index (χ2n) is 3.25. The minimum atomic E-state index is -0.670. The van der Waals surface area contributed by atoms with Gasteiger partial charge in [0.25, 0.3) is 0 Å². The van der Waals surface area contributed by atoms with Crippen LogP contribution in [0.3, 0.4) is 0 Å². The molecule has 0 aliphatic heterocycles. The molecular weight excluding hydrogens is 168 g/mol. The van der Waals surface area contributed by atoms with E-state index >= 15 is 0 Å². The zero-order valence-electron chi connectivity index (χ0n) is 8.24. The fourth-order valence-electron chi connectivity index (χ4n) is 1.35. The first-order valence-electron chi connectivity index (χ1n) is 4.44. The predicted octanol–water partition coefficient (Wildman–Crippen LogP) is 1.06. The van der Waals surface area contributed by atoms with E-state index in [-0.39, 0.29) is 6.04 Å². The van der Waals surface area contributed by atoms with E-state index in [9.17, 15) is 5.11 Å². The van der Waals surface area contributed by atoms with Crippen molar-refractivity contribution < 1.29 is 9.63 Å². The van der Waals surface area contributed by atoms with Gasteiger partial charge in [0.05, 0.1) is 11.8 Å². The lowest BCUT2D eigenvalue weighted by molar-refractivity contribution is 0.142. The van der Waals surface area contributed by atoms with Crippen molar-refractivity contribution in [3.63, 3.8) is 0 Å². The van der Waals surface area contributed by atoms with Crippen LogP contribution in [0.1, 0.15) is 36.5 Å². The van der Waals surface area contributed by atoms with Gasteiger partial charge in [-0.2, -0.15) is 0 Å². The van der Waals surface area contributed by atoms with Crippen LogP contribution in [0.2, 0.25) is 0 Å². The summed E-state index contributed by atoms with van der Waals surface area (Å²) in [7, 11) is 0. The summed E-state index contributed by atoms with van der Waals surface area (Å²) in [6, 6.07) is -0.253. The van der Waals surface area contributed by atoms with E-state index < -0.39 is 6.10 Å². The van der Waals surface area contributed by atoms with Crippen LogP contribution in [0, 0.1) is 13.8 Å². The van der Waals surface area contributed by atoms with Crippen molar-refractivity contribution in [1.29, 1.82) is 0 Å². The fraction of sp³-hybridized carbons (Fsp3) is 0.667. The summed E-state index contributed by atoms with van der Waals surface area (Å²) in [5.41, 5.74) is 7.17. The van der Waals surface area contributed by atoms with Gasteiger partial charge >= 0.3 is 0 Å². The van der Waals surface area contributed by atoms with Gasteiger partial charge < -0.3 is 15.4 Å². The summed E-state index contributed by atoms with van der Waals surface area (Å²) < 4.78 is 4.95. The molecule has 1 aromatic heterocycles. The zero-order chi connectivity index (χ0) is 10.0. The highest BCUT2D eigenvalue weighted by molar-refractivity contribution is 5.24. The number of rotatable bonds is 3. The SMILES string of the molecule is CC[C@H](N)[C@@H](O)c1c(C)noc1C. The van der Waals surface area contributed by atoms with E-state index in [1.807, 2.05) is 6.92 Å². The average molecular weight is 184 g/mol. The molecule has 0 aliphatic carbocycles. The minimum Gasteiger partial charge on any atom is -0.387 e. The van der Waals surface area contributed by atoms with Crippen molar-refractivity contribution in [2.24, 2.45) is 5.73 Å². The van der Waals surface area contributed by atoms with Gasteiger partial charge in [-0.3, -0.25) is 0 Å². The van der Waals surface area contributed by atoms with Gasteiger partial charge in [0, 0.05) is 11.6 Å². The molecule has 2 atom stereocenters. The van der Waals surface area contributed by atoms with Gasteiger partial charge in [0.2, 0.25) is 0 Å². The first-order chi connectivity index (χ1) is 6.07. The molecule has 74 valence electrons. The Morgan fingerprint density at radius 1 is 1.54 bits per heavy atom. The van der Waals surface area contributed by atoms with Crippen LogP contribution < -0.4 is 5.73 Å². The van der Waals surface area contributed by atoms with Crippen molar-refractivity contribution in [1.82, 2.24) is 5.16 Å². The van der Waals surface area contributed by atoms with Crippen LogP contribution in [-0.2, 0) is 0 Å². The normalized spacial score (nSPS) is 15.8. The molecule has 0 bridgehead atoms. The molecule has 0 fully saturated rings. The predicted molar refractivity (Wildman–Crippen MR) is 49.2 cm³/mol. The molecule has 0 spiro atoms. The molecule has 0 amide bonds. The van der Waals surface area contributed by atoms with E-state index in [0.717, 1.165) is 12.0 Å². The third-order valence-corrected chi connectivity index (χ3v) is 2.26. The van der Waals surface area contributed by atoms with E-state index in [2.05, 4.69) is 5.16 Å². The fourth-order valence-corrected chi connectivity index (χ4v) is 1.35. The molecule has 1 rings (SSSR count). The lowest BCUT2D eigenvalue weighted by Crippen LogP contribution is -2.27. The molecular formula is C9H16N2O2. The van der Waals surface area contributed by atoms with Crippen LogP contribution in [0.25, 0.3) is 0 Å². The quantitative estimate of drug-likeness (QED) is 0.736. The standard InChI is InChI=1S/C9H16N2O2/c1-4-7(10)9(12)8-5(2)11-13-6(8)3/h7,9,12H,4,10H2,1-3H3/t7-,9+/m0/s1. The molecule has 4 heteroatoms. The van der Waals surface area contributed by atoms with Gasteiger partial charge in [-0.05, 0) is 20.3 Å². The number of hydrogen-bond donors (Lipinski definition) is 2. The Morgan fingerprint density at radius 3 is 2.54 bits per heavy atom. The van der Waals surface area contributed by atoms with Crippen LogP contribution in [0.4, 0.5) is 0 Å². The first kappa shape index (κ1) is 10.2. The van der Waals surface area contributed by atoms with Crippen LogP contribution in [0.5, 0.6) is 0 Å². The van der Waals surface area contributed by atoms with E-state index in [4.69, 9.17) is 10.3 Å². The Labute approximate surface area is 77.7 Å². The number of nitrogens with zero attached hydrogens (tertiary/aromatic N) is 1. The Morgan fingerprint density at radius 2 is 2.15 bits per heavy atom. The van der Waals surface area contributed by atoms with Gasteiger partial charge in [-0.15, -0.1) is 0 Å². The number of nitrogens with two attached hydrogens (primary N) is 1. The first-order valence-corrected chi connectivity index (χ1v) is 4.44. The second-order valence-corrected chi connectivity index (χ2v) is 3.25. The number of aryl methyl sites for hydroxylation is 2. The van der Waals surface area contributed by atoms with Crippen molar-refractivity contribution in [3.8, 4) is 0 Å². The monoisotopic (exact) mass is 184 g/mol. The maximum absolute atomic E-state index is 9.81. The summed E-state index contributed by atoms with van der Waals surface area (Å²) in [4.78, 5) is 0. The summed E-state index contributed by atoms with van der Waals surface area (Å²) >= 11 is 0. The van der Waals surface area contributed by atoms with Gasteiger partial charge in [-0.1, -0.05) is 12.1 Å². The van der Waals surface area contributed by atoms with Crippen LogP contribution in [-0.4, -0.2) is 16.3 Å². The molecule has 13 heavy (non-hydrogen) atoms. The zero-order valence-corrected chi connectivity index (χ0v) is 8.24. The molecule has 1 heterocycles. The summed E-state index contributed by atoms with van der Waals surface area (Å²) in [5.74, 6) is 0.647. The smallest absolute Gasteiger partial charge is 0.139 e. The molecule has 1 aromatic rings. The summed E-state index contributed by atoms with van der Waals surface area (Å²) in [5, 5.41) is 13.6. The third kappa shape index (κ3) is 1.89. The Hall–Kier alpha value is -0.870. The molecule has 0 unspecified atom stereocenters. The average Bonchev–Trinajstić information content (AvgIpc) is 2.44. The van der Waals surface area contributed by atoms with E-state index in [1.54, 1.807) is 13.8 Å². The van der Waals surface area contributed by atoms with Gasteiger partial charge in [-0.25, -0.2) is 0 Å². The van der Waals surface area contributed by atoms with E-state index in [0.29, 0.717) is 11.5 Å². The molecule has 0 aromatic carbocycles. The molecule has 0 saturated carbocycles. The van der Waals surface area contributed by atoms with Gasteiger partial charge in [0.15, 0.2) is 0 Å². The summed E-state index contributed by atoms with van der Waals surface area (Å²) in [6.07, 6.45) is 0.0573. The molecule has 4 nitrogen and oxygen atoms in total. The lowest BCUT2D eigenvalue weighted by atomic mass is 10.00.